The van der Waals surface area contributed by atoms with E-state index in [1.807, 2.05) is 54.6 Å². The molecule has 7 nitrogen and oxygen atoms in total. The Hall–Kier alpha value is -3.74. The van der Waals surface area contributed by atoms with E-state index < -0.39 is 5.72 Å². The van der Waals surface area contributed by atoms with Gasteiger partial charge in [0.2, 0.25) is 12.5 Å². The molecule has 7 heteroatoms. The smallest absolute Gasteiger partial charge is 0.231 e. The van der Waals surface area contributed by atoms with Gasteiger partial charge in [0.15, 0.2) is 28.7 Å². The predicted molar refractivity (Wildman–Crippen MR) is 124 cm³/mol. The molecule has 33 heavy (non-hydrogen) atoms. The Kier molecular flexibility index (Phi) is 5.32. The highest BCUT2D eigenvalue weighted by Gasteiger charge is 2.40. The summed E-state index contributed by atoms with van der Waals surface area (Å²) in [6.07, 6.45) is 0.660. The number of rotatable bonds is 6. The van der Waals surface area contributed by atoms with Gasteiger partial charge in [0, 0.05) is 29.7 Å². The Morgan fingerprint density at radius 3 is 2.15 bits per heavy atom. The minimum Gasteiger partial charge on any atom is -0.493 e. The average Bonchev–Trinajstić information content (AvgIpc) is 3.29. The lowest BCUT2D eigenvalue weighted by Gasteiger charge is -2.41. The van der Waals surface area contributed by atoms with Crippen LogP contribution < -0.4 is 33.7 Å². The Bertz CT molecular complexity index is 1140. The number of nitrogens with one attached hydrogen (secondary N) is 1. The molecule has 0 unspecified atom stereocenters. The van der Waals surface area contributed by atoms with Gasteiger partial charge in [0.25, 0.3) is 0 Å². The molecule has 5 rings (SSSR count). The molecule has 0 aromatic heterocycles. The molecule has 1 N–H and O–H groups in total. The van der Waals surface area contributed by atoms with Crippen molar-refractivity contribution in [2.75, 3.05) is 33.4 Å². The van der Waals surface area contributed by atoms with E-state index in [1.165, 1.54) is 0 Å². The van der Waals surface area contributed by atoms with Crippen molar-refractivity contribution < 1.29 is 28.4 Å². The summed E-state index contributed by atoms with van der Waals surface area (Å²) in [5.41, 5.74) is 2.34. The van der Waals surface area contributed by atoms with Crippen molar-refractivity contribution in [3.63, 3.8) is 0 Å². The number of para-hydroxylation sites is 1. The number of anilines is 1. The molecule has 0 amide bonds. The molecule has 172 valence electrons. The van der Waals surface area contributed by atoms with Gasteiger partial charge in [-0.1, -0.05) is 18.2 Å². The van der Waals surface area contributed by atoms with Gasteiger partial charge >= 0.3 is 0 Å². The number of hydrogen-bond donors (Lipinski definition) is 1. The molecule has 0 saturated heterocycles. The van der Waals surface area contributed by atoms with Crippen LogP contribution in [-0.4, -0.2) is 33.8 Å². The first kappa shape index (κ1) is 21.1. The van der Waals surface area contributed by atoms with Gasteiger partial charge in [0.05, 0.1) is 21.3 Å². The quantitative estimate of drug-likeness (QED) is 0.556. The third-order valence-corrected chi connectivity index (χ3v) is 6.08. The zero-order valence-electron chi connectivity index (χ0n) is 19.1. The summed E-state index contributed by atoms with van der Waals surface area (Å²) in [4.78, 5) is 0. The van der Waals surface area contributed by atoms with E-state index in [0.29, 0.717) is 29.4 Å². The van der Waals surface area contributed by atoms with Crippen LogP contribution in [0.5, 0.6) is 34.5 Å². The summed E-state index contributed by atoms with van der Waals surface area (Å²) >= 11 is 0. The average molecular weight is 450 g/mol. The molecule has 3 aromatic carbocycles. The number of benzene rings is 3. The Labute approximate surface area is 193 Å². The van der Waals surface area contributed by atoms with Gasteiger partial charge in [-0.15, -0.1) is 0 Å². The number of fused-ring (bicyclic) bond motifs is 2. The second kappa shape index (κ2) is 8.31. The van der Waals surface area contributed by atoms with E-state index in [2.05, 4.69) is 12.2 Å². The zero-order chi connectivity index (χ0) is 23.0. The molecule has 2 atom stereocenters. The predicted octanol–water partition coefficient (Wildman–Crippen LogP) is 5.18. The Morgan fingerprint density at radius 2 is 1.52 bits per heavy atom. The van der Waals surface area contributed by atoms with Gasteiger partial charge in [0.1, 0.15) is 5.75 Å². The van der Waals surface area contributed by atoms with Crippen molar-refractivity contribution in [3.05, 3.63) is 65.7 Å². The summed E-state index contributed by atoms with van der Waals surface area (Å²) in [7, 11) is 4.85. The topological polar surface area (TPSA) is 67.4 Å². The van der Waals surface area contributed by atoms with E-state index in [4.69, 9.17) is 28.4 Å². The van der Waals surface area contributed by atoms with Crippen LogP contribution in [0.1, 0.15) is 30.4 Å². The Balaban J connectivity index is 1.63. The minimum absolute atomic E-state index is 0.0295. The van der Waals surface area contributed by atoms with Crippen LogP contribution in [0.15, 0.2) is 54.6 Å². The summed E-state index contributed by atoms with van der Waals surface area (Å²) in [6.45, 7) is 2.26. The molecule has 0 fully saturated rings. The number of hydrogen-bond acceptors (Lipinski definition) is 7. The van der Waals surface area contributed by atoms with Crippen LogP contribution in [0, 0.1) is 0 Å². The third-order valence-electron chi connectivity index (χ3n) is 6.08. The summed E-state index contributed by atoms with van der Waals surface area (Å²) in [5, 5.41) is 3.56. The van der Waals surface area contributed by atoms with Crippen LogP contribution in [0.3, 0.4) is 0 Å². The molecule has 3 aromatic rings. The van der Waals surface area contributed by atoms with Crippen molar-refractivity contribution in [3.8, 4) is 34.5 Å². The van der Waals surface area contributed by atoms with Gasteiger partial charge in [-0.3, -0.25) is 0 Å². The van der Waals surface area contributed by atoms with Crippen LogP contribution in [-0.2, 0) is 0 Å². The standard InChI is InChI=1S/C26H27NO6/c1-26(27-17-8-6-5-7-9-17)14-19(16-10-23(28-2)25(30-4)24(11-16)29-3)18-12-21-22(32-15-31-21)13-20(18)33-26/h5-13,19,27H,14-15H2,1-4H3/t19-,26+/m0/s1. The fraction of sp³-hybridized carbons (Fsp3) is 0.308. The van der Waals surface area contributed by atoms with Gasteiger partial charge in [-0.05, 0) is 42.8 Å². The van der Waals surface area contributed by atoms with E-state index >= 15 is 0 Å². The lowest BCUT2D eigenvalue weighted by atomic mass is 9.81. The zero-order valence-corrected chi connectivity index (χ0v) is 19.1. The lowest BCUT2D eigenvalue weighted by molar-refractivity contribution is 0.0862. The maximum atomic E-state index is 6.52. The molecule has 0 radical (unpaired) electrons. The van der Waals surface area contributed by atoms with Gasteiger partial charge < -0.3 is 33.7 Å². The van der Waals surface area contributed by atoms with Crippen LogP contribution in [0.4, 0.5) is 5.69 Å². The number of methoxy groups -OCH3 is 3. The van der Waals surface area contributed by atoms with E-state index in [1.54, 1.807) is 21.3 Å². The van der Waals surface area contributed by atoms with E-state index in [9.17, 15) is 0 Å². The van der Waals surface area contributed by atoms with Crippen LogP contribution in [0.25, 0.3) is 0 Å². The third kappa shape index (κ3) is 3.84. The van der Waals surface area contributed by atoms with E-state index in [-0.39, 0.29) is 12.7 Å². The fourth-order valence-corrected chi connectivity index (χ4v) is 4.59. The first-order valence-corrected chi connectivity index (χ1v) is 10.8. The molecule has 2 heterocycles. The highest BCUT2D eigenvalue weighted by molar-refractivity contribution is 5.60. The SMILES string of the molecule is COc1cc([C@@H]2C[C@](C)(Nc3ccccc3)Oc3cc4c(cc32)OCO4)cc(OC)c1OC. The first-order valence-electron chi connectivity index (χ1n) is 10.8. The van der Waals surface area contributed by atoms with Gasteiger partial charge in [-0.2, -0.15) is 0 Å². The molecule has 0 bridgehead atoms. The van der Waals surface area contributed by atoms with Gasteiger partial charge in [-0.25, -0.2) is 0 Å². The second-order valence-electron chi connectivity index (χ2n) is 8.28. The van der Waals surface area contributed by atoms with Crippen LogP contribution in [0.2, 0.25) is 0 Å². The van der Waals surface area contributed by atoms with E-state index in [0.717, 1.165) is 28.3 Å². The lowest BCUT2D eigenvalue weighted by Crippen LogP contribution is -2.45. The maximum Gasteiger partial charge on any atom is 0.231 e. The molecule has 2 aliphatic rings. The summed E-state index contributed by atoms with van der Waals surface area (Å²) < 4.78 is 34.6. The molecule has 0 aliphatic carbocycles. The largest absolute Gasteiger partial charge is 0.493 e. The molecule has 0 saturated carbocycles. The monoisotopic (exact) mass is 449 g/mol. The molecular formula is C26H27NO6. The number of ether oxygens (including phenoxy) is 6. The molecular weight excluding hydrogens is 422 g/mol. The highest BCUT2D eigenvalue weighted by atomic mass is 16.7. The van der Waals surface area contributed by atoms with Crippen molar-refractivity contribution in [1.29, 1.82) is 0 Å². The fourth-order valence-electron chi connectivity index (χ4n) is 4.59. The normalized spacial score (nSPS) is 20.4. The molecule has 0 spiro atoms. The summed E-state index contributed by atoms with van der Waals surface area (Å²) in [5.74, 6) is 3.90. The van der Waals surface area contributed by atoms with Crippen molar-refractivity contribution >= 4 is 5.69 Å². The van der Waals surface area contributed by atoms with Crippen molar-refractivity contribution in [1.82, 2.24) is 0 Å². The molecule has 2 aliphatic heterocycles. The van der Waals surface area contributed by atoms with Crippen LogP contribution >= 0.6 is 0 Å². The minimum atomic E-state index is -0.673. The van der Waals surface area contributed by atoms with Crippen molar-refractivity contribution in [2.24, 2.45) is 0 Å². The summed E-state index contributed by atoms with van der Waals surface area (Å²) in [6, 6.07) is 17.9. The highest BCUT2D eigenvalue weighted by Crippen LogP contribution is 2.51. The van der Waals surface area contributed by atoms with Crippen molar-refractivity contribution in [2.45, 2.75) is 25.0 Å². The second-order valence-corrected chi connectivity index (χ2v) is 8.28. The first-order chi connectivity index (χ1) is 16.0. The Morgan fingerprint density at radius 1 is 0.848 bits per heavy atom. The maximum absolute atomic E-state index is 6.52.